The van der Waals surface area contributed by atoms with E-state index in [1.54, 1.807) is 0 Å². The minimum atomic E-state index is -0.427. The lowest BCUT2D eigenvalue weighted by atomic mass is 9.88. The molecule has 1 saturated heterocycles. The Bertz CT molecular complexity index is 242. The highest BCUT2D eigenvalue weighted by Crippen LogP contribution is 2.36. The molecule has 0 aromatic carbocycles. The summed E-state index contributed by atoms with van der Waals surface area (Å²) >= 11 is 1.86. The van der Waals surface area contributed by atoms with Crippen LogP contribution in [0, 0.1) is 0 Å². The van der Waals surface area contributed by atoms with Crippen molar-refractivity contribution in [3.63, 3.8) is 0 Å². The van der Waals surface area contributed by atoms with Gasteiger partial charge in [0.05, 0.1) is 0 Å². The van der Waals surface area contributed by atoms with E-state index in [4.69, 9.17) is 5.73 Å². The predicted octanol–water partition coefficient (Wildman–Crippen LogP) is 0.878. The van der Waals surface area contributed by atoms with Gasteiger partial charge in [-0.25, -0.2) is 0 Å². The minimum Gasteiger partial charge on any atom is -0.368 e. The summed E-state index contributed by atoms with van der Waals surface area (Å²) in [5.41, 5.74) is 5.13. The number of primary amides is 1. The van der Waals surface area contributed by atoms with Gasteiger partial charge in [0.1, 0.15) is 5.54 Å². The Balaban J connectivity index is 2.13. The van der Waals surface area contributed by atoms with Crippen LogP contribution in [0.1, 0.15) is 32.6 Å². The van der Waals surface area contributed by atoms with Crippen molar-refractivity contribution in [1.82, 2.24) is 5.32 Å². The summed E-state index contributed by atoms with van der Waals surface area (Å²) < 4.78 is 0. The molecule has 2 atom stereocenters. The molecule has 0 aromatic rings. The van der Waals surface area contributed by atoms with Crippen molar-refractivity contribution < 1.29 is 4.79 Å². The number of carbonyl (C=O) groups is 1. The predicted molar refractivity (Wildman–Crippen MR) is 59.2 cm³/mol. The first-order valence-electron chi connectivity index (χ1n) is 5.34. The lowest BCUT2D eigenvalue weighted by Gasteiger charge is -2.40. The Morgan fingerprint density at radius 1 is 1.57 bits per heavy atom. The second-order valence-corrected chi connectivity index (χ2v) is 5.82. The van der Waals surface area contributed by atoms with Crippen molar-refractivity contribution in [1.29, 1.82) is 0 Å². The lowest BCUT2D eigenvalue weighted by Crippen LogP contribution is -2.63. The highest BCUT2D eigenvalue weighted by Gasteiger charge is 2.46. The van der Waals surface area contributed by atoms with E-state index in [9.17, 15) is 4.79 Å². The number of nitrogens with one attached hydrogen (secondary N) is 1. The van der Waals surface area contributed by atoms with Crippen LogP contribution in [0.3, 0.4) is 0 Å². The number of hydrogen-bond acceptors (Lipinski definition) is 3. The van der Waals surface area contributed by atoms with E-state index in [-0.39, 0.29) is 5.91 Å². The zero-order valence-corrected chi connectivity index (χ0v) is 9.40. The van der Waals surface area contributed by atoms with Gasteiger partial charge in [0.2, 0.25) is 5.91 Å². The zero-order valence-electron chi connectivity index (χ0n) is 8.58. The first kappa shape index (κ1) is 10.3. The first-order valence-corrected chi connectivity index (χ1v) is 6.39. The minimum absolute atomic E-state index is 0.163. The number of rotatable bonds is 3. The van der Waals surface area contributed by atoms with Crippen LogP contribution < -0.4 is 11.1 Å². The van der Waals surface area contributed by atoms with Gasteiger partial charge in [-0.15, -0.1) is 0 Å². The summed E-state index contributed by atoms with van der Waals surface area (Å²) in [6, 6.07) is 0.545. The van der Waals surface area contributed by atoms with E-state index in [0.29, 0.717) is 11.3 Å². The number of nitrogens with two attached hydrogens (primary N) is 1. The Kier molecular flexibility index (Phi) is 2.75. The molecule has 1 saturated carbocycles. The quantitative estimate of drug-likeness (QED) is 0.733. The van der Waals surface area contributed by atoms with Crippen LogP contribution in [0.2, 0.25) is 0 Å². The number of carbonyl (C=O) groups excluding carboxylic acids is 1. The van der Waals surface area contributed by atoms with E-state index in [1.807, 2.05) is 11.8 Å². The first-order chi connectivity index (χ1) is 6.65. The van der Waals surface area contributed by atoms with Crippen LogP contribution in [0.4, 0.5) is 0 Å². The van der Waals surface area contributed by atoms with Gasteiger partial charge in [0, 0.05) is 11.3 Å². The molecule has 1 amide bonds. The largest absolute Gasteiger partial charge is 0.368 e. The van der Waals surface area contributed by atoms with Crippen LogP contribution in [0.15, 0.2) is 0 Å². The molecule has 1 aliphatic carbocycles. The SMILES string of the molecule is CC1SCCCC1(NC1CC1)C(N)=O. The molecular formula is C10H18N2OS. The molecule has 2 aliphatic rings. The topological polar surface area (TPSA) is 55.1 Å². The maximum Gasteiger partial charge on any atom is 0.238 e. The molecule has 0 spiro atoms. The van der Waals surface area contributed by atoms with Crippen molar-refractivity contribution in [2.45, 2.75) is 49.4 Å². The van der Waals surface area contributed by atoms with Crippen LogP contribution in [0.25, 0.3) is 0 Å². The number of thioether (sulfide) groups is 1. The van der Waals surface area contributed by atoms with Crippen molar-refractivity contribution in [3.8, 4) is 0 Å². The van der Waals surface area contributed by atoms with Gasteiger partial charge in [-0.3, -0.25) is 10.1 Å². The average molecular weight is 214 g/mol. The second-order valence-electron chi connectivity index (χ2n) is 4.37. The maximum absolute atomic E-state index is 11.6. The third kappa shape index (κ3) is 1.77. The van der Waals surface area contributed by atoms with E-state index >= 15 is 0 Å². The summed E-state index contributed by atoms with van der Waals surface area (Å²) in [5.74, 6) is 0.992. The van der Waals surface area contributed by atoms with E-state index in [2.05, 4.69) is 12.2 Å². The van der Waals surface area contributed by atoms with Gasteiger partial charge < -0.3 is 5.73 Å². The summed E-state index contributed by atoms with van der Waals surface area (Å²) in [6.45, 7) is 2.12. The molecule has 1 aliphatic heterocycles. The summed E-state index contributed by atoms with van der Waals surface area (Å²) in [4.78, 5) is 11.6. The molecule has 3 N–H and O–H groups in total. The molecule has 14 heavy (non-hydrogen) atoms. The Hall–Kier alpha value is -0.220. The fourth-order valence-electron chi connectivity index (χ4n) is 2.13. The molecule has 2 rings (SSSR count). The van der Waals surface area contributed by atoms with E-state index in [0.717, 1.165) is 18.6 Å². The monoisotopic (exact) mass is 214 g/mol. The fraction of sp³-hybridized carbons (Fsp3) is 0.900. The smallest absolute Gasteiger partial charge is 0.238 e. The Labute approximate surface area is 89.2 Å². The van der Waals surface area contributed by atoms with E-state index in [1.165, 1.54) is 12.8 Å². The lowest BCUT2D eigenvalue weighted by molar-refractivity contribution is -0.124. The van der Waals surface area contributed by atoms with E-state index < -0.39 is 5.54 Å². The normalized spacial score (nSPS) is 38.2. The Morgan fingerprint density at radius 3 is 2.79 bits per heavy atom. The highest BCUT2D eigenvalue weighted by atomic mass is 32.2. The van der Waals surface area contributed by atoms with Crippen molar-refractivity contribution in [2.75, 3.05) is 5.75 Å². The van der Waals surface area contributed by atoms with Crippen LogP contribution in [0.5, 0.6) is 0 Å². The zero-order chi connectivity index (χ0) is 10.2. The van der Waals surface area contributed by atoms with Gasteiger partial charge >= 0.3 is 0 Å². The molecule has 0 radical (unpaired) electrons. The summed E-state index contributed by atoms with van der Waals surface area (Å²) in [6.07, 6.45) is 4.41. The van der Waals surface area contributed by atoms with Crippen LogP contribution >= 0.6 is 11.8 Å². The highest BCUT2D eigenvalue weighted by molar-refractivity contribution is 8.00. The van der Waals surface area contributed by atoms with Crippen molar-refractivity contribution in [3.05, 3.63) is 0 Å². The molecule has 2 unspecified atom stereocenters. The summed E-state index contributed by atoms with van der Waals surface area (Å²) in [5, 5.41) is 3.77. The number of amides is 1. The van der Waals surface area contributed by atoms with Gasteiger partial charge in [0.25, 0.3) is 0 Å². The maximum atomic E-state index is 11.6. The van der Waals surface area contributed by atoms with Crippen LogP contribution in [-0.2, 0) is 4.79 Å². The molecule has 80 valence electrons. The van der Waals surface area contributed by atoms with Gasteiger partial charge in [-0.05, 0) is 31.4 Å². The van der Waals surface area contributed by atoms with Gasteiger partial charge in [-0.2, -0.15) is 11.8 Å². The third-order valence-corrected chi connectivity index (χ3v) is 4.68. The molecule has 4 heteroatoms. The summed E-state index contributed by atoms with van der Waals surface area (Å²) in [7, 11) is 0. The molecule has 3 nitrogen and oxygen atoms in total. The average Bonchev–Trinajstić information content (AvgIpc) is 2.92. The van der Waals surface area contributed by atoms with Gasteiger partial charge in [0.15, 0.2) is 0 Å². The number of hydrogen-bond donors (Lipinski definition) is 2. The molecule has 1 heterocycles. The van der Waals surface area contributed by atoms with Crippen molar-refractivity contribution in [2.24, 2.45) is 5.73 Å². The molecule has 0 aromatic heterocycles. The fourth-order valence-corrected chi connectivity index (χ4v) is 3.38. The molecular weight excluding hydrogens is 196 g/mol. The van der Waals surface area contributed by atoms with Crippen molar-refractivity contribution >= 4 is 17.7 Å². The standard InChI is InChI=1S/C10H18N2OS/c1-7-10(9(11)13,5-2-6-14-7)12-8-3-4-8/h7-8,12H,2-6H2,1H3,(H2,11,13). The Morgan fingerprint density at radius 2 is 2.29 bits per heavy atom. The van der Waals surface area contributed by atoms with Gasteiger partial charge in [-0.1, -0.05) is 6.92 Å². The second kappa shape index (κ2) is 3.74. The molecule has 0 bridgehead atoms. The third-order valence-electron chi connectivity index (χ3n) is 3.26. The molecule has 2 fully saturated rings. The van der Waals surface area contributed by atoms with Crippen LogP contribution in [-0.4, -0.2) is 28.5 Å².